The number of oxazole rings is 1. The van der Waals surface area contributed by atoms with Crippen LogP contribution in [-0.2, 0) is 12.8 Å². The first-order valence-corrected chi connectivity index (χ1v) is 11.6. The highest BCUT2D eigenvalue weighted by Crippen LogP contribution is 2.33. The fourth-order valence-corrected chi connectivity index (χ4v) is 3.98. The molecule has 34 heavy (non-hydrogen) atoms. The van der Waals surface area contributed by atoms with Gasteiger partial charge in [0.2, 0.25) is 0 Å². The standard InChI is InChI=1S/C23H25ClN6O4/c24-14-2-1-5-26-17(14)12-27-23(31)18-13-34-22(30-18)4-7-25-6-3-21-28-15-10-19-20(11-16(15)29-21)33-9-8-32-19/h5,10-11,13,25H,1-4,6-9,12H2,(H,27,31)(H,28,29). The number of H-pyrrole nitrogens is 1. The highest BCUT2D eigenvalue weighted by molar-refractivity contribution is 6.30. The van der Waals surface area contributed by atoms with Crippen LogP contribution in [0.2, 0.25) is 0 Å². The van der Waals surface area contributed by atoms with Crippen molar-refractivity contribution in [2.45, 2.75) is 25.7 Å². The minimum atomic E-state index is -0.317. The van der Waals surface area contributed by atoms with Crippen LogP contribution in [0, 0.1) is 0 Å². The van der Waals surface area contributed by atoms with E-state index in [2.05, 4.69) is 30.6 Å². The molecule has 5 rings (SSSR count). The van der Waals surface area contributed by atoms with Gasteiger partial charge in [-0.2, -0.15) is 0 Å². The third-order valence-corrected chi connectivity index (χ3v) is 5.91. The fourth-order valence-electron chi connectivity index (χ4n) is 3.75. The number of fused-ring (bicyclic) bond motifs is 2. The van der Waals surface area contributed by atoms with E-state index in [1.165, 1.54) is 6.26 Å². The molecular weight excluding hydrogens is 460 g/mol. The van der Waals surface area contributed by atoms with Crippen molar-refractivity contribution in [3.05, 3.63) is 46.5 Å². The fraction of sp³-hybridized carbons (Fsp3) is 0.391. The third-order valence-electron chi connectivity index (χ3n) is 5.50. The molecule has 1 amide bonds. The van der Waals surface area contributed by atoms with Crippen molar-refractivity contribution in [3.8, 4) is 11.5 Å². The average molecular weight is 485 g/mol. The summed E-state index contributed by atoms with van der Waals surface area (Å²) in [6, 6.07) is 3.83. The number of nitrogens with one attached hydrogen (secondary N) is 3. The Morgan fingerprint density at radius 2 is 1.94 bits per heavy atom. The number of nitrogens with zero attached hydrogens (tertiary/aromatic N) is 3. The third kappa shape index (κ3) is 5.23. The van der Waals surface area contributed by atoms with Crippen LogP contribution in [0.25, 0.3) is 11.0 Å². The summed E-state index contributed by atoms with van der Waals surface area (Å²) in [5, 5.41) is 6.80. The van der Waals surface area contributed by atoms with Crippen molar-refractivity contribution < 1.29 is 18.7 Å². The van der Waals surface area contributed by atoms with Crippen LogP contribution < -0.4 is 20.1 Å². The summed E-state index contributed by atoms with van der Waals surface area (Å²) in [5.41, 5.74) is 2.71. The second-order valence-corrected chi connectivity index (χ2v) is 8.41. The molecule has 0 radical (unpaired) electrons. The number of allylic oxidation sites excluding steroid dienone is 1. The van der Waals surface area contributed by atoms with E-state index in [0.717, 1.165) is 54.2 Å². The molecule has 3 N–H and O–H groups in total. The van der Waals surface area contributed by atoms with Crippen LogP contribution in [0.1, 0.15) is 35.0 Å². The second-order valence-electron chi connectivity index (χ2n) is 7.96. The number of benzene rings is 1. The molecule has 10 nitrogen and oxygen atoms in total. The summed E-state index contributed by atoms with van der Waals surface area (Å²) in [4.78, 5) is 28.8. The van der Waals surface area contributed by atoms with Crippen molar-refractivity contribution >= 4 is 34.8 Å². The Balaban J connectivity index is 1.05. The molecule has 3 aromatic rings. The zero-order chi connectivity index (χ0) is 23.3. The highest BCUT2D eigenvalue weighted by Gasteiger charge is 2.16. The van der Waals surface area contributed by atoms with E-state index in [0.29, 0.717) is 42.8 Å². The SMILES string of the molecule is O=C(NCC1=C(Cl)CCC=N1)c1coc(CCNCCc2nc3cc4c(cc3[nH]2)OCCO4)n1. The Bertz CT molecular complexity index is 1200. The van der Waals surface area contributed by atoms with Gasteiger partial charge in [-0.25, -0.2) is 9.97 Å². The summed E-state index contributed by atoms with van der Waals surface area (Å²) in [6.45, 7) is 2.77. The van der Waals surface area contributed by atoms with Crippen LogP contribution in [0.15, 0.2) is 38.5 Å². The van der Waals surface area contributed by atoms with Crippen LogP contribution in [0.5, 0.6) is 11.5 Å². The van der Waals surface area contributed by atoms with Gasteiger partial charge < -0.3 is 29.5 Å². The van der Waals surface area contributed by atoms with Gasteiger partial charge >= 0.3 is 0 Å². The maximum absolute atomic E-state index is 12.3. The van der Waals surface area contributed by atoms with E-state index in [4.69, 9.17) is 25.5 Å². The molecule has 0 bridgehead atoms. The lowest BCUT2D eigenvalue weighted by Gasteiger charge is -2.17. The van der Waals surface area contributed by atoms with Gasteiger partial charge in [0.15, 0.2) is 23.1 Å². The first kappa shape index (κ1) is 22.4. The molecule has 0 saturated heterocycles. The lowest BCUT2D eigenvalue weighted by Crippen LogP contribution is -2.26. The van der Waals surface area contributed by atoms with Gasteiger partial charge in [0.1, 0.15) is 25.3 Å². The zero-order valence-corrected chi connectivity index (χ0v) is 19.3. The molecule has 2 aromatic heterocycles. The smallest absolute Gasteiger partial charge is 0.273 e. The van der Waals surface area contributed by atoms with Crippen molar-refractivity contribution in [2.24, 2.45) is 4.99 Å². The molecule has 2 aliphatic rings. The molecule has 0 fully saturated rings. The van der Waals surface area contributed by atoms with Crippen molar-refractivity contribution in [1.29, 1.82) is 0 Å². The molecule has 11 heteroatoms. The maximum atomic E-state index is 12.3. The number of carbonyl (C=O) groups is 1. The topological polar surface area (TPSA) is 127 Å². The summed E-state index contributed by atoms with van der Waals surface area (Å²) in [6.07, 6.45) is 6.05. The van der Waals surface area contributed by atoms with E-state index >= 15 is 0 Å². The Morgan fingerprint density at radius 3 is 2.79 bits per heavy atom. The van der Waals surface area contributed by atoms with Crippen molar-refractivity contribution in [1.82, 2.24) is 25.6 Å². The molecule has 0 atom stereocenters. The predicted octanol–water partition coefficient (Wildman–Crippen LogP) is 2.74. The van der Waals surface area contributed by atoms with E-state index in [9.17, 15) is 4.79 Å². The lowest BCUT2D eigenvalue weighted by atomic mass is 10.2. The van der Waals surface area contributed by atoms with Crippen LogP contribution in [-0.4, -0.2) is 59.9 Å². The molecular formula is C23H25ClN6O4. The number of imidazole rings is 1. The Kier molecular flexibility index (Phi) is 6.77. The lowest BCUT2D eigenvalue weighted by molar-refractivity contribution is 0.0952. The molecule has 0 saturated carbocycles. The van der Waals surface area contributed by atoms with Gasteiger partial charge in [0.25, 0.3) is 5.91 Å². The molecule has 0 aliphatic carbocycles. The predicted molar refractivity (Wildman–Crippen MR) is 127 cm³/mol. The average Bonchev–Trinajstić information content (AvgIpc) is 3.48. The van der Waals surface area contributed by atoms with E-state index in [-0.39, 0.29) is 18.1 Å². The number of ether oxygens (including phenoxy) is 2. The number of amides is 1. The molecule has 1 aromatic carbocycles. The summed E-state index contributed by atoms with van der Waals surface area (Å²) < 4.78 is 16.7. The van der Waals surface area contributed by atoms with Crippen LogP contribution in [0.3, 0.4) is 0 Å². The molecule has 4 heterocycles. The monoisotopic (exact) mass is 484 g/mol. The minimum Gasteiger partial charge on any atom is -0.486 e. The minimum absolute atomic E-state index is 0.240. The van der Waals surface area contributed by atoms with Gasteiger partial charge in [-0.3, -0.25) is 9.79 Å². The zero-order valence-electron chi connectivity index (χ0n) is 18.5. The summed E-state index contributed by atoms with van der Waals surface area (Å²) >= 11 is 6.14. The highest BCUT2D eigenvalue weighted by atomic mass is 35.5. The second kappa shape index (κ2) is 10.3. The van der Waals surface area contributed by atoms with E-state index in [1.54, 1.807) is 6.21 Å². The first-order chi connectivity index (χ1) is 16.7. The maximum Gasteiger partial charge on any atom is 0.273 e. The quantitative estimate of drug-likeness (QED) is 0.398. The largest absolute Gasteiger partial charge is 0.486 e. The Labute approximate surface area is 200 Å². The van der Waals surface area contributed by atoms with Gasteiger partial charge in [0, 0.05) is 49.3 Å². The molecule has 2 aliphatic heterocycles. The summed E-state index contributed by atoms with van der Waals surface area (Å²) in [7, 11) is 0. The molecule has 178 valence electrons. The van der Waals surface area contributed by atoms with Crippen LogP contribution in [0.4, 0.5) is 0 Å². The Morgan fingerprint density at radius 1 is 1.12 bits per heavy atom. The van der Waals surface area contributed by atoms with E-state index in [1.807, 2.05) is 12.1 Å². The van der Waals surface area contributed by atoms with E-state index < -0.39 is 0 Å². The van der Waals surface area contributed by atoms with Crippen molar-refractivity contribution in [3.63, 3.8) is 0 Å². The Hall–Kier alpha value is -3.37. The van der Waals surface area contributed by atoms with Crippen molar-refractivity contribution in [2.75, 3.05) is 32.8 Å². The molecule has 0 unspecified atom stereocenters. The number of hydrogen-bond acceptors (Lipinski definition) is 8. The number of rotatable bonds is 9. The summed E-state index contributed by atoms with van der Waals surface area (Å²) in [5.74, 6) is 2.55. The van der Waals surface area contributed by atoms with Gasteiger partial charge in [-0.1, -0.05) is 11.6 Å². The van der Waals surface area contributed by atoms with Gasteiger partial charge in [-0.15, -0.1) is 0 Å². The number of aromatic amines is 1. The number of aliphatic imine (C=N–C) groups is 1. The van der Waals surface area contributed by atoms with Gasteiger partial charge in [0.05, 0.1) is 23.3 Å². The number of hydrogen-bond donors (Lipinski definition) is 3. The van der Waals surface area contributed by atoms with Gasteiger partial charge in [-0.05, 0) is 12.8 Å². The number of aromatic nitrogens is 3. The number of carbonyl (C=O) groups excluding carboxylic acids is 1. The first-order valence-electron chi connectivity index (χ1n) is 11.3. The van der Waals surface area contributed by atoms with Crippen LogP contribution >= 0.6 is 11.6 Å². The molecule has 0 spiro atoms. The normalized spacial score (nSPS) is 15.2. The number of halogens is 1.